The highest BCUT2D eigenvalue weighted by atomic mass is 19.4. The summed E-state index contributed by atoms with van der Waals surface area (Å²) in [6, 6.07) is 8.89. The molecule has 0 aromatic heterocycles. The van der Waals surface area contributed by atoms with Crippen LogP contribution in [0.1, 0.15) is 34.5 Å². The van der Waals surface area contributed by atoms with Crippen molar-refractivity contribution in [2.75, 3.05) is 6.61 Å². The Morgan fingerprint density at radius 1 is 1.11 bits per heavy atom. The van der Waals surface area contributed by atoms with Crippen molar-refractivity contribution in [3.63, 3.8) is 0 Å². The lowest BCUT2D eigenvalue weighted by Gasteiger charge is -2.14. The topological polar surface area (TPSA) is 67.4 Å². The third-order valence-electron chi connectivity index (χ3n) is 3.57. The highest BCUT2D eigenvalue weighted by Gasteiger charge is 2.30. The molecule has 0 aliphatic rings. The lowest BCUT2D eigenvalue weighted by Crippen LogP contribution is -2.34. The van der Waals surface area contributed by atoms with E-state index in [9.17, 15) is 27.2 Å². The molecular weight excluding hydrogens is 368 g/mol. The summed E-state index contributed by atoms with van der Waals surface area (Å²) < 4.78 is 50.8. The van der Waals surface area contributed by atoms with Crippen LogP contribution in [0.2, 0.25) is 0 Å². The van der Waals surface area contributed by atoms with Crippen molar-refractivity contribution in [3.8, 4) is 0 Å². The van der Waals surface area contributed by atoms with Gasteiger partial charge in [-0.15, -0.1) is 0 Å². The zero-order chi connectivity index (χ0) is 20.0. The first-order chi connectivity index (χ1) is 12.7. The summed E-state index contributed by atoms with van der Waals surface area (Å²) in [6.45, 7) is 1.13. The van der Waals surface area contributed by atoms with Crippen LogP contribution in [0.4, 0.5) is 17.6 Å². The van der Waals surface area contributed by atoms with Gasteiger partial charge in [-0.3, -0.25) is 14.4 Å². The summed E-state index contributed by atoms with van der Waals surface area (Å²) in [6.07, 6.45) is -4.58. The molecule has 2 rings (SSSR count). The highest BCUT2D eigenvalue weighted by molar-refractivity contribution is 5.93. The van der Waals surface area contributed by atoms with Gasteiger partial charge >= 0.3 is 6.18 Å². The molecule has 5 nitrogen and oxygen atoms in total. The van der Waals surface area contributed by atoms with Crippen LogP contribution in [0.5, 0.6) is 0 Å². The van der Waals surface area contributed by atoms with Crippen molar-refractivity contribution in [1.29, 1.82) is 0 Å². The number of alkyl halides is 3. The van der Waals surface area contributed by atoms with Gasteiger partial charge in [0.1, 0.15) is 5.82 Å². The van der Waals surface area contributed by atoms with E-state index in [0.29, 0.717) is 11.6 Å². The molecule has 9 heteroatoms. The van der Waals surface area contributed by atoms with Gasteiger partial charge in [-0.25, -0.2) is 9.87 Å². The number of carbonyl (C=O) groups excluding carboxylic acids is 2. The molecule has 2 aromatic carbocycles. The molecule has 2 amide bonds. The van der Waals surface area contributed by atoms with E-state index in [2.05, 4.69) is 5.32 Å². The van der Waals surface area contributed by atoms with E-state index in [1.54, 1.807) is 6.92 Å². The molecule has 0 bridgehead atoms. The SMILES string of the molecule is CC(NC(=O)CONC(=O)c1cccc(C(F)(F)F)c1)c1ccc(F)cc1. The van der Waals surface area contributed by atoms with Gasteiger partial charge in [-0.1, -0.05) is 18.2 Å². The molecule has 2 N–H and O–H groups in total. The van der Waals surface area contributed by atoms with E-state index < -0.39 is 42.0 Å². The molecule has 0 saturated carbocycles. The summed E-state index contributed by atoms with van der Waals surface area (Å²) in [5.74, 6) is -1.89. The Kier molecular flexibility index (Phi) is 6.51. The second-order valence-corrected chi connectivity index (χ2v) is 5.64. The molecule has 0 saturated heterocycles. The van der Waals surface area contributed by atoms with Crippen molar-refractivity contribution >= 4 is 11.8 Å². The van der Waals surface area contributed by atoms with Crippen LogP contribution < -0.4 is 10.8 Å². The summed E-state index contributed by atoms with van der Waals surface area (Å²) >= 11 is 0. The van der Waals surface area contributed by atoms with E-state index in [0.717, 1.165) is 12.1 Å². The van der Waals surface area contributed by atoms with Crippen molar-refractivity contribution in [3.05, 3.63) is 71.0 Å². The molecule has 2 aromatic rings. The van der Waals surface area contributed by atoms with Crippen molar-refractivity contribution < 1.29 is 32.0 Å². The van der Waals surface area contributed by atoms with Crippen molar-refractivity contribution in [2.45, 2.75) is 19.1 Å². The van der Waals surface area contributed by atoms with Crippen LogP contribution in [0, 0.1) is 5.82 Å². The maximum Gasteiger partial charge on any atom is 0.416 e. The molecule has 1 atom stereocenters. The zero-order valence-corrected chi connectivity index (χ0v) is 14.1. The Bertz CT molecular complexity index is 807. The smallest absolute Gasteiger partial charge is 0.347 e. The van der Waals surface area contributed by atoms with Crippen LogP contribution in [0.15, 0.2) is 48.5 Å². The number of carbonyl (C=O) groups is 2. The quantitative estimate of drug-likeness (QED) is 0.593. The summed E-state index contributed by atoms with van der Waals surface area (Å²) in [5, 5.41) is 2.57. The number of hydrogen-bond donors (Lipinski definition) is 2. The maximum atomic E-state index is 12.9. The Hall–Kier alpha value is -2.94. The van der Waals surface area contributed by atoms with E-state index >= 15 is 0 Å². The maximum absolute atomic E-state index is 12.9. The first-order valence-corrected chi connectivity index (χ1v) is 7.81. The van der Waals surface area contributed by atoms with Gasteiger partial charge < -0.3 is 5.32 Å². The van der Waals surface area contributed by atoms with Crippen LogP contribution in [-0.4, -0.2) is 18.4 Å². The largest absolute Gasteiger partial charge is 0.416 e. The van der Waals surface area contributed by atoms with E-state index in [1.807, 2.05) is 5.48 Å². The summed E-state index contributed by atoms with van der Waals surface area (Å²) in [7, 11) is 0. The normalized spacial score (nSPS) is 12.3. The van der Waals surface area contributed by atoms with Crippen LogP contribution >= 0.6 is 0 Å². The third-order valence-corrected chi connectivity index (χ3v) is 3.57. The van der Waals surface area contributed by atoms with E-state index in [4.69, 9.17) is 4.84 Å². The van der Waals surface area contributed by atoms with Crippen LogP contribution in [0.25, 0.3) is 0 Å². The Labute approximate surface area is 152 Å². The minimum atomic E-state index is -4.58. The first kappa shape index (κ1) is 20.4. The van der Waals surface area contributed by atoms with Crippen molar-refractivity contribution in [1.82, 2.24) is 10.8 Å². The fourth-order valence-corrected chi connectivity index (χ4v) is 2.18. The Morgan fingerprint density at radius 3 is 2.41 bits per heavy atom. The van der Waals surface area contributed by atoms with Gasteiger partial charge in [0.05, 0.1) is 11.6 Å². The zero-order valence-electron chi connectivity index (χ0n) is 14.1. The second kappa shape index (κ2) is 8.63. The minimum Gasteiger partial charge on any atom is -0.347 e. The summed E-state index contributed by atoms with van der Waals surface area (Å²) in [4.78, 5) is 28.3. The summed E-state index contributed by atoms with van der Waals surface area (Å²) in [5.41, 5.74) is 1.35. The lowest BCUT2D eigenvalue weighted by atomic mass is 10.1. The molecule has 0 aliphatic carbocycles. The average Bonchev–Trinajstić information content (AvgIpc) is 2.61. The predicted molar refractivity (Wildman–Crippen MR) is 87.8 cm³/mol. The molecule has 0 radical (unpaired) electrons. The Balaban J connectivity index is 1.82. The number of benzene rings is 2. The van der Waals surface area contributed by atoms with Crippen LogP contribution in [0.3, 0.4) is 0 Å². The first-order valence-electron chi connectivity index (χ1n) is 7.81. The lowest BCUT2D eigenvalue weighted by molar-refractivity contribution is -0.137. The molecule has 27 heavy (non-hydrogen) atoms. The highest BCUT2D eigenvalue weighted by Crippen LogP contribution is 2.29. The standard InChI is InChI=1S/C18H16F4N2O3/c1-11(12-5-7-15(19)8-6-12)23-16(25)10-27-24-17(26)13-3-2-4-14(9-13)18(20,21)22/h2-9,11H,10H2,1H3,(H,23,25)(H,24,26). The molecule has 0 spiro atoms. The van der Waals surface area contributed by atoms with E-state index in [1.165, 1.54) is 30.3 Å². The van der Waals surface area contributed by atoms with Crippen molar-refractivity contribution in [2.24, 2.45) is 0 Å². The molecule has 0 heterocycles. The number of amides is 2. The number of hydrogen-bond acceptors (Lipinski definition) is 3. The molecule has 1 unspecified atom stereocenters. The number of halogens is 4. The average molecular weight is 384 g/mol. The van der Waals surface area contributed by atoms with Gasteiger partial charge in [0.15, 0.2) is 6.61 Å². The number of rotatable bonds is 6. The van der Waals surface area contributed by atoms with Crippen LogP contribution in [-0.2, 0) is 15.8 Å². The molecule has 0 aliphatic heterocycles. The predicted octanol–water partition coefficient (Wildman–Crippen LogP) is 3.38. The van der Waals surface area contributed by atoms with Gasteiger partial charge in [-0.05, 0) is 42.8 Å². The molecule has 144 valence electrons. The number of hydroxylamine groups is 1. The van der Waals surface area contributed by atoms with Gasteiger partial charge in [-0.2, -0.15) is 13.2 Å². The third kappa shape index (κ3) is 6.07. The molecular formula is C18H16F4N2O3. The second-order valence-electron chi connectivity index (χ2n) is 5.64. The fraction of sp³-hybridized carbons (Fsp3) is 0.222. The van der Waals surface area contributed by atoms with E-state index in [-0.39, 0.29) is 5.56 Å². The monoisotopic (exact) mass is 384 g/mol. The minimum absolute atomic E-state index is 0.259. The number of nitrogens with one attached hydrogen (secondary N) is 2. The molecule has 0 fully saturated rings. The Morgan fingerprint density at radius 2 is 1.78 bits per heavy atom. The van der Waals surface area contributed by atoms with Gasteiger partial charge in [0, 0.05) is 5.56 Å². The van der Waals surface area contributed by atoms with Gasteiger partial charge in [0.2, 0.25) is 5.91 Å². The van der Waals surface area contributed by atoms with Gasteiger partial charge in [0.25, 0.3) is 5.91 Å². The fourth-order valence-electron chi connectivity index (χ4n) is 2.18.